The molecule has 4 nitrogen and oxygen atoms in total. The van der Waals surface area contributed by atoms with E-state index >= 15 is 0 Å². The highest BCUT2D eigenvalue weighted by Gasteiger charge is 2.13. The molecular formula is C9H19NO3. The SMILES string of the molecule is CC(O)CCN(C)CC(C)C(=O)O. The number of aliphatic hydroxyl groups excluding tert-OH is 1. The standard InChI is InChI=1S/C9H19NO3/c1-7(9(12)13)6-10(3)5-4-8(2)11/h7-8,11H,4-6H2,1-3H3,(H,12,13). The number of aliphatic hydroxyl groups is 1. The third-order valence-electron chi connectivity index (χ3n) is 1.94. The molecular weight excluding hydrogens is 170 g/mol. The summed E-state index contributed by atoms with van der Waals surface area (Å²) < 4.78 is 0. The summed E-state index contributed by atoms with van der Waals surface area (Å²) in [6.07, 6.45) is 0.366. The number of nitrogens with zero attached hydrogens (tertiary/aromatic N) is 1. The predicted octanol–water partition coefficient (Wildman–Crippen LogP) is 0.410. The summed E-state index contributed by atoms with van der Waals surface area (Å²) in [6.45, 7) is 4.67. The molecule has 0 rings (SSSR count). The lowest BCUT2D eigenvalue weighted by Gasteiger charge is -2.19. The Kier molecular flexibility index (Phi) is 5.66. The average molecular weight is 189 g/mol. The summed E-state index contributed by atoms with van der Waals surface area (Å²) in [7, 11) is 1.86. The number of hydrogen-bond acceptors (Lipinski definition) is 3. The lowest BCUT2D eigenvalue weighted by Crippen LogP contribution is -2.30. The van der Waals surface area contributed by atoms with Crippen molar-refractivity contribution in [3.8, 4) is 0 Å². The zero-order valence-corrected chi connectivity index (χ0v) is 8.53. The van der Waals surface area contributed by atoms with E-state index in [-0.39, 0.29) is 12.0 Å². The fourth-order valence-electron chi connectivity index (χ4n) is 1.04. The van der Waals surface area contributed by atoms with E-state index in [2.05, 4.69) is 0 Å². The molecule has 0 spiro atoms. The Morgan fingerprint density at radius 1 is 1.46 bits per heavy atom. The van der Waals surface area contributed by atoms with E-state index in [0.29, 0.717) is 13.0 Å². The lowest BCUT2D eigenvalue weighted by molar-refractivity contribution is -0.141. The van der Waals surface area contributed by atoms with Gasteiger partial charge in [-0.2, -0.15) is 0 Å². The monoisotopic (exact) mass is 189 g/mol. The van der Waals surface area contributed by atoms with Gasteiger partial charge in [-0.15, -0.1) is 0 Å². The van der Waals surface area contributed by atoms with Crippen LogP contribution in [0.1, 0.15) is 20.3 Å². The van der Waals surface area contributed by atoms with Gasteiger partial charge >= 0.3 is 5.97 Å². The maximum absolute atomic E-state index is 10.5. The zero-order chi connectivity index (χ0) is 10.4. The van der Waals surface area contributed by atoms with Crippen LogP contribution in [0.5, 0.6) is 0 Å². The van der Waals surface area contributed by atoms with Gasteiger partial charge in [0.25, 0.3) is 0 Å². The molecule has 0 saturated heterocycles. The summed E-state index contributed by atoms with van der Waals surface area (Å²) in [4.78, 5) is 12.4. The minimum atomic E-state index is -0.774. The first-order chi connectivity index (χ1) is 5.93. The number of aliphatic carboxylic acids is 1. The zero-order valence-electron chi connectivity index (χ0n) is 8.53. The molecule has 0 aliphatic heterocycles. The Bertz CT molecular complexity index is 159. The first-order valence-electron chi connectivity index (χ1n) is 4.53. The Morgan fingerprint density at radius 3 is 2.38 bits per heavy atom. The normalized spacial score (nSPS) is 15.8. The molecule has 2 N–H and O–H groups in total. The molecule has 0 bridgehead atoms. The topological polar surface area (TPSA) is 60.8 Å². The molecule has 0 heterocycles. The molecule has 4 heteroatoms. The Hall–Kier alpha value is -0.610. The van der Waals surface area contributed by atoms with E-state index in [1.807, 2.05) is 11.9 Å². The van der Waals surface area contributed by atoms with E-state index in [9.17, 15) is 4.79 Å². The minimum Gasteiger partial charge on any atom is -0.481 e. The second-order valence-corrected chi connectivity index (χ2v) is 3.64. The molecule has 0 aromatic heterocycles. The highest BCUT2D eigenvalue weighted by atomic mass is 16.4. The van der Waals surface area contributed by atoms with E-state index < -0.39 is 5.97 Å². The van der Waals surface area contributed by atoms with Gasteiger partial charge in [0.15, 0.2) is 0 Å². The molecule has 2 atom stereocenters. The van der Waals surface area contributed by atoms with Crippen molar-refractivity contribution in [2.24, 2.45) is 5.92 Å². The van der Waals surface area contributed by atoms with Gasteiger partial charge in [-0.1, -0.05) is 6.92 Å². The predicted molar refractivity (Wildman–Crippen MR) is 50.6 cm³/mol. The molecule has 0 aromatic carbocycles. The van der Waals surface area contributed by atoms with Crippen molar-refractivity contribution >= 4 is 5.97 Å². The quantitative estimate of drug-likeness (QED) is 0.635. The summed E-state index contributed by atoms with van der Waals surface area (Å²) in [5, 5.41) is 17.6. The lowest BCUT2D eigenvalue weighted by atomic mass is 10.1. The van der Waals surface area contributed by atoms with Crippen LogP contribution in [0, 0.1) is 5.92 Å². The van der Waals surface area contributed by atoms with Crippen molar-refractivity contribution in [2.75, 3.05) is 20.1 Å². The fraction of sp³-hybridized carbons (Fsp3) is 0.889. The van der Waals surface area contributed by atoms with Gasteiger partial charge in [0.2, 0.25) is 0 Å². The molecule has 0 saturated carbocycles. The first-order valence-corrected chi connectivity index (χ1v) is 4.53. The van der Waals surface area contributed by atoms with Gasteiger partial charge in [-0.3, -0.25) is 4.79 Å². The second-order valence-electron chi connectivity index (χ2n) is 3.64. The molecule has 0 fully saturated rings. The van der Waals surface area contributed by atoms with E-state index in [4.69, 9.17) is 10.2 Å². The molecule has 2 unspecified atom stereocenters. The summed E-state index contributed by atoms with van der Waals surface area (Å²) >= 11 is 0. The average Bonchev–Trinajstić information content (AvgIpc) is 2.00. The van der Waals surface area contributed by atoms with Crippen molar-refractivity contribution < 1.29 is 15.0 Å². The van der Waals surface area contributed by atoms with E-state index in [1.54, 1.807) is 13.8 Å². The van der Waals surface area contributed by atoms with Crippen LogP contribution in [0.25, 0.3) is 0 Å². The van der Waals surface area contributed by atoms with Gasteiger partial charge < -0.3 is 15.1 Å². The van der Waals surface area contributed by atoms with Crippen molar-refractivity contribution in [2.45, 2.75) is 26.4 Å². The minimum absolute atomic E-state index is 0.317. The Labute approximate surface area is 79.2 Å². The molecule has 0 amide bonds. The number of carboxylic acid groups (broad SMARTS) is 1. The molecule has 0 aliphatic rings. The smallest absolute Gasteiger partial charge is 0.307 e. The van der Waals surface area contributed by atoms with Crippen LogP contribution in [0.15, 0.2) is 0 Å². The second kappa shape index (κ2) is 5.94. The number of carboxylic acids is 1. The van der Waals surface area contributed by atoms with Crippen LogP contribution in [0.4, 0.5) is 0 Å². The highest BCUT2D eigenvalue weighted by molar-refractivity contribution is 5.69. The highest BCUT2D eigenvalue weighted by Crippen LogP contribution is 2.00. The van der Waals surface area contributed by atoms with Crippen molar-refractivity contribution in [3.63, 3.8) is 0 Å². The van der Waals surface area contributed by atoms with Crippen molar-refractivity contribution in [1.29, 1.82) is 0 Å². The molecule has 0 aromatic rings. The van der Waals surface area contributed by atoms with Crippen LogP contribution in [-0.4, -0.2) is 47.3 Å². The fourth-order valence-corrected chi connectivity index (χ4v) is 1.04. The number of rotatable bonds is 6. The van der Waals surface area contributed by atoms with Crippen LogP contribution >= 0.6 is 0 Å². The molecule has 78 valence electrons. The van der Waals surface area contributed by atoms with Gasteiger partial charge in [0.1, 0.15) is 0 Å². The Balaban J connectivity index is 3.61. The maximum atomic E-state index is 10.5. The van der Waals surface area contributed by atoms with Crippen molar-refractivity contribution in [1.82, 2.24) is 4.90 Å². The van der Waals surface area contributed by atoms with E-state index in [1.165, 1.54) is 0 Å². The third-order valence-corrected chi connectivity index (χ3v) is 1.94. The van der Waals surface area contributed by atoms with Crippen molar-refractivity contribution in [3.05, 3.63) is 0 Å². The summed E-state index contributed by atoms with van der Waals surface area (Å²) in [5.74, 6) is -1.12. The van der Waals surface area contributed by atoms with Gasteiger partial charge in [-0.25, -0.2) is 0 Å². The number of carbonyl (C=O) groups is 1. The molecule has 0 radical (unpaired) electrons. The summed E-state index contributed by atoms with van der Waals surface area (Å²) in [5.41, 5.74) is 0. The van der Waals surface area contributed by atoms with Gasteiger partial charge in [0, 0.05) is 13.1 Å². The van der Waals surface area contributed by atoms with Crippen LogP contribution in [0.3, 0.4) is 0 Å². The first kappa shape index (κ1) is 12.4. The van der Waals surface area contributed by atoms with Crippen LogP contribution in [-0.2, 0) is 4.79 Å². The Morgan fingerprint density at radius 2 is 2.00 bits per heavy atom. The van der Waals surface area contributed by atoms with Crippen LogP contribution in [0.2, 0.25) is 0 Å². The van der Waals surface area contributed by atoms with Crippen LogP contribution < -0.4 is 0 Å². The van der Waals surface area contributed by atoms with E-state index in [0.717, 1.165) is 6.54 Å². The van der Waals surface area contributed by atoms with Gasteiger partial charge in [0.05, 0.1) is 12.0 Å². The van der Waals surface area contributed by atoms with Gasteiger partial charge in [-0.05, 0) is 20.4 Å². The molecule has 0 aliphatic carbocycles. The molecule has 13 heavy (non-hydrogen) atoms. The third kappa shape index (κ3) is 6.54. The maximum Gasteiger partial charge on any atom is 0.307 e. The number of hydrogen-bond donors (Lipinski definition) is 2. The summed E-state index contributed by atoms with van der Waals surface area (Å²) in [6, 6.07) is 0. The largest absolute Gasteiger partial charge is 0.481 e.